The van der Waals surface area contributed by atoms with Gasteiger partial charge in [0.2, 0.25) is 10.0 Å². The van der Waals surface area contributed by atoms with E-state index in [0.29, 0.717) is 19.3 Å². The predicted molar refractivity (Wildman–Crippen MR) is 111 cm³/mol. The van der Waals surface area contributed by atoms with Gasteiger partial charge in [0.05, 0.1) is 12.4 Å². The number of hydrogen-bond donors (Lipinski definition) is 1. The first-order valence-corrected chi connectivity index (χ1v) is 13.4. The van der Waals surface area contributed by atoms with Crippen LogP contribution in [-0.4, -0.2) is 49.8 Å². The first kappa shape index (κ1) is 20.4. The van der Waals surface area contributed by atoms with Crippen LogP contribution < -0.4 is 4.72 Å². The van der Waals surface area contributed by atoms with Crippen LogP contribution in [-0.2, 0) is 29.1 Å². The Morgan fingerprint density at radius 3 is 2.58 bits per heavy atom. The second kappa shape index (κ2) is 5.81. The third kappa shape index (κ3) is 2.39. The molecule has 170 valence electrons. The number of ether oxygens (including phenoxy) is 2. The summed E-state index contributed by atoms with van der Waals surface area (Å²) >= 11 is 0. The molecule has 0 bridgehead atoms. The monoisotopic (exact) mass is 449 g/mol. The summed E-state index contributed by atoms with van der Waals surface area (Å²) in [4.78, 5) is 24.4. The fourth-order valence-corrected chi connectivity index (χ4v) is 9.31. The van der Waals surface area contributed by atoms with Gasteiger partial charge in [-0.25, -0.2) is 13.1 Å². The van der Waals surface area contributed by atoms with Gasteiger partial charge in [0.15, 0.2) is 0 Å². The van der Waals surface area contributed by atoms with Crippen molar-refractivity contribution in [3.8, 4) is 0 Å². The van der Waals surface area contributed by atoms with Crippen molar-refractivity contribution >= 4 is 21.8 Å². The number of hydrogen-bond acceptors (Lipinski definition) is 6. The van der Waals surface area contributed by atoms with Gasteiger partial charge in [0.25, 0.3) is 0 Å². The Bertz CT molecular complexity index is 1040. The summed E-state index contributed by atoms with van der Waals surface area (Å²) in [6.07, 6.45) is 8.65. The zero-order chi connectivity index (χ0) is 22.0. The number of carbonyl (C=O) groups excluding carboxylic acids is 2. The Morgan fingerprint density at radius 2 is 1.90 bits per heavy atom. The average Bonchev–Trinajstić information content (AvgIpc) is 3.14. The van der Waals surface area contributed by atoms with Crippen LogP contribution in [0.1, 0.15) is 65.2 Å². The number of esters is 1. The van der Waals surface area contributed by atoms with Gasteiger partial charge in [0, 0.05) is 42.1 Å². The number of carbonyl (C=O) groups is 2. The number of fused-ring (bicyclic) bond motifs is 4. The quantitative estimate of drug-likeness (QED) is 0.394. The van der Waals surface area contributed by atoms with Gasteiger partial charge in [-0.1, -0.05) is 25.5 Å². The highest BCUT2D eigenvalue weighted by Crippen LogP contribution is 2.77. The molecule has 1 N–H and O–H groups in total. The highest BCUT2D eigenvalue weighted by atomic mass is 32.2. The van der Waals surface area contributed by atoms with E-state index in [9.17, 15) is 18.0 Å². The third-order valence-corrected chi connectivity index (χ3v) is 10.7. The zero-order valence-electron chi connectivity index (χ0n) is 18.4. The summed E-state index contributed by atoms with van der Waals surface area (Å²) in [7, 11) is -3.46. The summed E-state index contributed by atoms with van der Waals surface area (Å²) in [5.41, 5.74) is -0.366. The van der Waals surface area contributed by atoms with Crippen molar-refractivity contribution in [1.29, 1.82) is 0 Å². The first-order chi connectivity index (χ1) is 14.4. The van der Waals surface area contributed by atoms with Crippen LogP contribution in [0.5, 0.6) is 0 Å². The fourth-order valence-electron chi connectivity index (χ4n) is 8.60. The van der Waals surface area contributed by atoms with Crippen molar-refractivity contribution in [2.75, 3.05) is 6.26 Å². The normalized spacial score (nSPS) is 52.7. The van der Waals surface area contributed by atoms with Gasteiger partial charge in [-0.2, -0.15) is 0 Å². The Labute approximate surface area is 183 Å². The molecule has 31 heavy (non-hydrogen) atoms. The minimum absolute atomic E-state index is 0.00112. The molecule has 0 aromatic carbocycles. The fraction of sp³-hybridized carbons (Fsp3) is 0.826. The van der Waals surface area contributed by atoms with E-state index in [4.69, 9.17) is 9.47 Å². The lowest BCUT2D eigenvalue weighted by molar-refractivity contribution is -0.164. The number of rotatable bonds is 2. The van der Waals surface area contributed by atoms with E-state index in [1.165, 1.54) is 6.26 Å². The summed E-state index contributed by atoms with van der Waals surface area (Å²) in [6, 6.07) is -0.411. The Morgan fingerprint density at radius 1 is 1.13 bits per heavy atom. The number of Topliss-reactive ketones (excluding diaryl/α,β-unsaturated/α-hetero) is 1. The highest BCUT2D eigenvalue weighted by Gasteiger charge is 2.82. The molecule has 8 heteroatoms. The standard InChI is InChI=1S/C23H31NO6S/c1-20-7-4-14(25)10-13(20)11-16(24-31(3,27)28)19-15-5-8-22(9-6-18(26)30-22)21(15,2)12-17-23(19,20)29-17/h11,15-17,19,24H,4-10,12H2,1-3H3/t15?,16-,17-,19?,20+,21+,22-,23-/m1/s1. The summed E-state index contributed by atoms with van der Waals surface area (Å²) in [5, 5.41) is 0. The van der Waals surface area contributed by atoms with E-state index in [1.54, 1.807) is 0 Å². The summed E-state index contributed by atoms with van der Waals surface area (Å²) in [5.74, 6) is 0.243. The maximum absolute atomic E-state index is 12.3. The van der Waals surface area contributed by atoms with Crippen molar-refractivity contribution in [3.63, 3.8) is 0 Å². The van der Waals surface area contributed by atoms with Crippen LogP contribution in [0.25, 0.3) is 0 Å². The van der Waals surface area contributed by atoms with Gasteiger partial charge in [-0.3, -0.25) is 9.59 Å². The lowest BCUT2D eigenvalue weighted by atomic mass is 9.45. The Balaban J connectivity index is 1.49. The smallest absolute Gasteiger partial charge is 0.306 e. The maximum Gasteiger partial charge on any atom is 0.306 e. The summed E-state index contributed by atoms with van der Waals surface area (Å²) < 4.78 is 40.2. The average molecular weight is 450 g/mol. The molecule has 3 saturated carbocycles. The Hall–Kier alpha value is -1.25. The summed E-state index contributed by atoms with van der Waals surface area (Å²) in [6.45, 7) is 4.45. The largest absolute Gasteiger partial charge is 0.458 e. The van der Waals surface area contributed by atoms with Gasteiger partial charge in [-0.05, 0) is 38.0 Å². The molecule has 2 saturated heterocycles. The second-order valence-corrected chi connectivity index (χ2v) is 13.1. The number of nitrogens with one attached hydrogen (secondary N) is 1. The van der Waals surface area contributed by atoms with Gasteiger partial charge < -0.3 is 9.47 Å². The van der Waals surface area contributed by atoms with E-state index in [1.807, 2.05) is 6.08 Å². The maximum atomic E-state index is 12.3. The molecule has 2 spiro atoms. The molecule has 0 aromatic rings. The Kier molecular flexibility index (Phi) is 3.81. The number of epoxide rings is 1. The number of sulfonamides is 1. The minimum Gasteiger partial charge on any atom is -0.458 e. The molecule has 5 fully saturated rings. The molecule has 7 nitrogen and oxygen atoms in total. The molecule has 2 aliphatic heterocycles. The van der Waals surface area contributed by atoms with Gasteiger partial charge in [-0.15, -0.1) is 0 Å². The molecule has 6 rings (SSSR count). The SMILES string of the molecule is C[C@]12CCC(=O)CC1=C[C@@H](NS(C)(=O)=O)C1C3CC[C@@]4(CCC(=O)O4)[C@@]3(C)C[C@H]3O[C@@]132. The van der Waals surface area contributed by atoms with E-state index >= 15 is 0 Å². The minimum atomic E-state index is -3.46. The lowest BCUT2D eigenvalue weighted by Gasteiger charge is -2.58. The van der Waals surface area contributed by atoms with E-state index in [-0.39, 0.29) is 40.5 Å². The van der Waals surface area contributed by atoms with Crippen LogP contribution >= 0.6 is 0 Å². The van der Waals surface area contributed by atoms with Crippen LogP contribution in [0.4, 0.5) is 0 Å². The molecule has 2 unspecified atom stereocenters. The van der Waals surface area contributed by atoms with Crippen LogP contribution in [0.3, 0.4) is 0 Å². The molecule has 2 heterocycles. The van der Waals surface area contributed by atoms with Crippen LogP contribution in [0, 0.1) is 22.7 Å². The molecular weight excluding hydrogens is 418 g/mol. The van der Waals surface area contributed by atoms with Crippen LogP contribution in [0.2, 0.25) is 0 Å². The van der Waals surface area contributed by atoms with Crippen molar-refractivity contribution in [2.45, 2.75) is 88.6 Å². The molecule has 0 radical (unpaired) electrons. The van der Waals surface area contributed by atoms with Crippen molar-refractivity contribution in [1.82, 2.24) is 4.72 Å². The molecule has 8 atom stereocenters. The van der Waals surface area contributed by atoms with Crippen molar-refractivity contribution < 1.29 is 27.5 Å². The zero-order valence-corrected chi connectivity index (χ0v) is 19.2. The molecular formula is C23H31NO6S. The van der Waals surface area contributed by atoms with Crippen molar-refractivity contribution in [3.05, 3.63) is 11.6 Å². The molecule has 6 aliphatic rings. The van der Waals surface area contributed by atoms with Gasteiger partial charge >= 0.3 is 5.97 Å². The van der Waals surface area contributed by atoms with E-state index in [2.05, 4.69) is 18.6 Å². The first-order valence-electron chi connectivity index (χ1n) is 11.5. The highest BCUT2D eigenvalue weighted by molar-refractivity contribution is 7.88. The number of ketones is 1. The van der Waals surface area contributed by atoms with E-state index in [0.717, 1.165) is 37.7 Å². The molecule has 0 aromatic heterocycles. The second-order valence-electron chi connectivity index (χ2n) is 11.3. The lowest BCUT2D eigenvalue weighted by Crippen LogP contribution is -2.65. The topological polar surface area (TPSA) is 102 Å². The van der Waals surface area contributed by atoms with Gasteiger partial charge in [0.1, 0.15) is 17.0 Å². The third-order valence-electron chi connectivity index (χ3n) is 10.0. The van der Waals surface area contributed by atoms with Crippen molar-refractivity contribution in [2.24, 2.45) is 22.7 Å². The van der Waals surface area contributed by atoms with Crippen LogP contribution in [0.15, 0.2) is 11.6 Å². The predicted octanol–water partition coefficient (Wildman–Crippen LogP) is 2.25. The molecule has 0 amide bonds. The van der Waals surface area contributed by atoms with E-state index < -0.39 is 27.3 Å². The molecule has 4 aliphatic carbocycles.